The molecular weight excluding hydrogens is 276 g/mol. The van der Waals surface area contributed by atoms with Crippen LogP contribution in [0, 0.1) is 11.8 Å². The predicted octanol–water partition coefficient (Wildman–Crippen LogP) is 0.453. The molecule has 0 unspecified atom stereocenters. The van der Waals surface area contributed by atoms with Gasteiger partial charge >= 0.3 is 0 Å². The molecule has 0 saturated heterocycles. The van der Waals surface area contributed by atoms with Gasteiger partial charge in [-0.3, -0.25) is 0 Å². The fraction of sp³-hybridized carbons (Fsp3) is 0.429. The van der Waals surface area contributed by atoms with E-state index in [2.05, 4.69) is 16.6 Å². The first-order chi connectivity index (χ1) is 9.57. The van der Waals surface area contributed by atoms with Crippen LogP contribution in [0.3, 0.4) is 0 Å². The Bertz CT molecular complexity index is 574. The molecule has 0 bridgehead atoms. The Hall–Kier alpha value is -1.39. The standard InChI is InChI=1S/C14H20N2O3S/c1-2-19-9-10-20(17,18)16-12-14-6-3-5-13(11-14)7-4-8-15/h3,5-6,11,16H,2,8-10,12,15H2,1H3. The van der Waals surface area contributed by atoms with Crippen molar-refractivity contribution in [1.82, 2.24) is 4.72 Å². The van der Waals surface area contributed by atoms with Crippen LogP contribution in [0.5, 0.6) is 0 Å². The van der Waals surface area contributed by atoms with E-state index < -0.39 is 10.0 Å². The summed E-state index contributed by atoms with van der Waals surface area (Å²) in [6, 6.07) is 7.38. The fourth-order valence-electron chi connectivity index (χ4n) is 1.49. The second-order valence-corrected chi connectivity index (χ2v) is 5.97. The topological polar surface area (TPSA) is 81.4 Å². The molecule has 0 aliphatic carbocycles. The third kappa shape index (κ3) is 6.68. The molecule has 0 saturated carbocycles. The van der Waals surface area contributed by atoms with Gasteiger partial charge in [-0.05, 0) is 24.6 Å². The van der Waals surface area contributed by atoms with Crippen molar-refractivity contribution in [2.45, 2.75) is 13.5 Å². The number of ether oxygens (including phenoxy) is 1. The van der Waals surface area contributed by atoms with Gasteiger partial charge in [-0.2, -0.15) is 0 Å². The van der Waals surface area contributed by atoms with Crippen molar-refractivity contribution in [3.05, 3.63) is 35.4 Å². The van der Waals surface area contributed by atoms with E-state index in [1.807, 2.05) is 31.2 Å². The Balaban J connectivity index is 2.56. The SMILES string of the molecule is CCOCCS(=O)(=O)NCc1cccc(C#CCN)c1. The molecule has 110 valence electrons. The lowest BCUT2D eigenvalue weighted by atomic mass is 10.1. The first-order valence-electron chi connectivity index (χ1n) is 6.40. The highest BCUT2D eigenvalue weighted by molar-refractivity contribution is 7.89. The highest BCUT2D eigenvalue weighted by Crippen LogP contribution is 2.04. The lowest BCUT2D eigenvalue weighted by Gasteiger charge is -2.07. The van der Waals surface area contributed by atoms with Crippen LogP contribution in [0.1, 0.15) is 18.1 Å². The maximum absolute atomic E-state index is 11.7. The van der Waals surface area contributed by atoms with E-state index in [1.54, 1.807) is 0 Å². The van der Waals surface area contributed by atoms with E-state index >= 15 is 0 Å². The zero-order valence-corrected chi connectivity index (χ0v) is 12.4. The average Bonchev–Trinajstić information content (AvgIpc) is 2.44. The highest BCUT2D eigenvalue weighted by atomic mass is 32.2. The van der Waals surface area contributed by atoms with Crippen molar-refractivity contribution in [3.63, 3.8) is 0 Å². The van der Waals surface area contributed by atoms with Crippen molar-refractivity contribution < 1.29 is 13.2 Å². The van der Waals surface area contributed by atoms with Crippen molar-refractivity contribution in [2.24, 2.45) is 5.73 Å². The second-order valence-electron chi connectivity index (χ2n) is 4.04. The van der Waals surface area contributed by atoms with Crippen molar-refractivity contribution >= 4 is 10.0 Å². The summed E-state index contributed by atoms with van der Waals surface area (Å²) in [5, 5.41) is 0. The molecule has 3 N–H and O–H groups in total. The summed E-state index contributed by atoms with van der Waals surface area (Å²) in [5.41, 5.74) is 6.99. The monoisotopic (exact) mass is 296 g/mol. The van der Waals surface area contributed by atoms with Gasteiger partial charge in [0.2, 0.25) is 10.0 Å². The molecule has 5 nitrogen and oxygen atoms in total. The molecule has 6 heteroatoms. The van der Waals surface area contributed by atoms with E-state index in [0.717, 1.165) is 11.1 Å². The predicted molar refractivity (Wildman–Crippen MR) is 79.5 cm³/mol. The number of benzene rings is 1. The summed E-state index contributed by atoms with van der Waals surface area (Å²) in [5.74, 6) is 5.64. The van der Waals surface area contributed by atoms with Gasteiger partial charge in [-0.25, -0.2) is 13.1 Å². The van der Waals surface area contributed by atoms with E-state index in [0.29, 0.717) is 13.2 Å². The van der Waals surface area contributed by atoms with Gasteiger partial charge in [0.15, 0.2) is 0 Å². The number of sulfonamides is 1. The van der Waals surface area contributed by atoms with Crippen molar-refractivity contribution in [2.75, 3.05) is 25.5 Å². The van der Waals surface area contributed by atoms with Gasteiger partial charge < -0.3 is 10.5 Å². The molecule has 0 amide bonds. The Morgan fingerprint density at radius 2 is 2.20 bits per heavy atom. The molecule has 0 aromatic heterocycles. The molecule has 0 aliphatic rings. The lowest BCUT2D eigenvalue weighted by molar-refractivity contribution is 0.163. The largest absolute Gasteiger partial charge is 0.381 e. The Morgan fingerprint density at radius 1 is 1.40 bits per heavy atom. The van der Waals surface area contributed by atoms with Crippen LogP contribution in [-0.4, -0.2) is 33.9 Å². The summed E-state index contributed by atoms with van der Waals surface area (Å²) in [6.45, 7) is 3.08. The first-order valence-corrected chi connectivity index (χ1v) is 8.05. The molecule has 1 aromatic carbocycles. The van der Waals surface area contributed by atoms with Gasteiger partial charge in [-0.15, -0.1) is 0 Å². The second kappa shape index (κ2) is 8.72. The van der Waals surface area contributed by atoms with Crippen LogP contribution >= 0.6 is 0 Å². The number of hydrogen-bond donors (Lipinski definition) is 2. The van der Waals surface area contributed by atoms with Gasteiger partial charge in [0.25, 0.3) is 0 Å². The Labute approximate surface area is 120 Å². The lowest BCUT2D eigenvalue weighted by Crippen LogP contribution is -2.28. The molecule has 0 radical (unpaired) electrons. The number of rotatable bonds is 7. The Morgan fingerprint density at radius 3 is 2.90 bits per heavy atom. The number of hydrogen-bond acceptors (Lipinski definition) is 4. The minimum atomic E-state index is -3.31. The molecule has 0 aliphatic heterocycles. The summed E-state index contributed by atoms with van der Waals surface area (Å²) >= 11 is 0. The van der Waals surface area contributed by atoms with Crippen LogP contribution in [-0.2, 0) is 21.3 Å². The summed E-state index contributed by atoms with van der Waals surface area (Å²) in [7, 11) is -3.31. The van der Waals surface area contributed by atoms with Crippen LogP contribution in [0.25, 0.3) is 0 Å². The highest BCUT2D eigenvalue weighted by Gasteiger charge is 2.09. The molecule has 0 heterocycles. The smallest absolute Gasteiger partial charge is 0.214 e. The van der Waals surface area contributed by atoms with Crippen molar-refractivity contribution in [1.29, 1.82) is 0 Å². The number of nitrogens with one attached hydrogen (secondary N) is 1. The number of nitrogens with two attached hydrogens (primary N) is 1. The summed E-state index contributed by atoms with van der Waals surface area (Å²) in [4.78, 5) is 0. The average molecular weight is 296 g/mol. The van der Waals surface area contributed by atoms with Gasteiger partial charge in [0, 0.05) is 18.7 Å². The molecule has 0 fully saturated rings. The van der Waals surface area contributed by atoms with Crippen LogP contribution in [0.4, 0.5) is 0 Å². The van der Waals surface area contributed by atoms with Crippen LogP contribution in [0.2, 0.25) is 0 Å². The quantitative estimate of drug-likeness (QED) is 0.565. The van der Waals surface area contributed by atoms with Gasteiger partial charge in [-0.1, -0.05) is 24.0 Å². The summed E-state index contributed by atoms with van der Waals surface area (Å²) < 4.78 is 31.0. The molecule has 1 rings (SSSR count). The van der Waals surface area contributed by atoms with E-state index in [-0.39, 0.29) is 18.9 Å². The van der Waals surface area contributed by atoms with Crippen LogP contribution in [0.15, 0.2) is 24.3 Å². The fourth-order valence-corrected chi connectivity index (χ4v) is 2.36. The molecule has 1 aromatic rings. The maximum atomic E-state index is 11.7. The van der Waals surface area contributed by atoms with Gasteiger partial charge in [0.1, 0.15) is 0 Å². The zero-order chi connectivity index (χ0) is 14.8. The van der Waals surface area contributed by atoms with E-state index in [9.17, 15) is 8.42 Å². The zero-order valence-electron chi connectivity index (χ0n) is 11.6. The molecule has 0 atom stereocenters. The van der Waals surface area contributed by atoms with Crippen molar-refractivity contribution in [3.8, 4) is 11.8 Å². The maximum Gasteiger partial charge on any atom is 0.214 e. The third-order valence-corrected chi connectivity index (χ3v) is 3.75. The minimum absolute atomic E-state index is 0.0342. The molecule has 20 heavy (non-hydrogen) atoms. The first kappa shape index (κ1) is 16.7. The minimum Gasteiger partial charge on any atom is -0.381 e. The van der Waals surface area contributed by atoms with E-state index in [1.165, 1.54) is 0 Å². The Kier molecular flexibility index (Phi) is 7.26. The normalized spacial score (nSPS) is 10.9. The van der Waals surface area contributed by atoms with E-state index in [4.69, 9.17) is 10.5 Å². The van der Waals surface area contributed by atoms with Gasteiger partial charge in [0.05, 0.1) is 18.9 Å². The third-order valence-electron chi connectivity index (χ3n) is 2.46. The molecule has 0 spiro atoms. The summed E-state index contributed by atoms with van der Waals surface area (Å²) in [6.07, 6.45) is 0. The van der Waals surface area contributed by atoms with Crippen LogP contribution < -0.4 is 10.5 Å². The molecular formula is C14H20N2O3S.